The first kappa shape index (κ1) is 21.7. The molecule has 8 nitrogen and oxygen atoms in total. The van der Waals surface area contributed by atoms with Crippen LogP contribution in [0.25, 0.3) is 0 Å². The van der Waals surface area contributed by atoms with Gasteiger partial charge in [0.15, 0.2) is 12.3 Å². The van der Waals surface area contributed by atoms with Gasteiger partial charge in [0.05, 0.1) is 11.3 Å². The monoisotopic (exact) mass is 417 g/mol. The van der Waals surface area contributed by atoms with E-state index in [1.54, 1.807) is 37.2 Å². The second kappa shape index (κ2) is 9.21. The molecule has 0 spiro atoms. The van der Waals surface area contributed by atoms with E-state index in [0.717, 1.165) is 12.8 Å². The Balaban J connectivity index is 1.71. The Hall–Kier alpha value is -3.01. The summed E-state index contributed by atoms with van der Waals surface area (Å²) in [6, 6.07) is 10.4. The number of hydrogen-bond donors (Lipinski definition) is 2. The maximum atomic E-state index is 14.0. The van der Waals surface area contributed by atoms with Crippen molar-refractivity contribution in [2.24, 2.45) is 0 Å². The van der Waals surface area contributed by atoms with Gasteiger partial charge < -0.3 is 19.7 Å². The van der Waals surface area contributed by atoms with E-state index in [1.807, 2.05) is 0 Å². The second-order valence-corrected chi connectivity index (χ2v) is 7.35. The van der Waals surface area contributed by atoms with Gasteiger partial charge in [-0.05, 0) is 25.0 Å². The minimum atomic E-state index is -1.17. The van der Waals surface area contributed by atoms with Crippen molar-refractivity contribution in [3.05, 3.63) is 64.6 Å². The predicted molar refractivity (Wildman–Crippen MR) is 107 cm³/mol. The molecule has 0 bridgehead atoms. The first-order valence-corrected chi connectivity index (χ1v) is 9.52. The van der Waals surface area contributed by atoms with Gasteiger partial charge in [-0.1, -0.05) is 18.2 Å². The van der Waals surface area contributed by atoms with Crippen LogP contribution in [0.1, 0.15) is 28.8 Å². The van der Waals surface area contributed by atoms with E-state index in [9.17, 15) is 24.4 Å². The molecule has 0 aliphatic heterocycles. The highest BCUT2D eigenvalue weighted by molar-refractivity contribution is 5.97. The second-order valence-electron chi connectivity index (χ2n) is 7.35. The number of esters is 1. The molecule has 2 N–H and O–H groups in total. The number of anilines is 1. The van der Waals surface area contributed by atoms with E-state index in [1.165, 1.54) is 29.2 Å². The number of ether oxygens (including phenoxy) is 1. The van der Waals surface area contributed by atoms with E-state index in [0.29, 0.717) is 11.3 Å². The SMILES string of the molecule is CN(C)c1ccc([NH+]([O-])O)cc1C(=O)OCC(=O)N(Cc1ccccc1F)C1CC1. The summed E-state index contributed by atoms with van der Waals surface area (Å²) in [5.41, 5.74) is 0.869. The standard InChI is InChI=1S/C21H24FN3O5/c1-23(2)19-10-9-16(25(28)29)11-17(19)21(27)30-13-20(26)24(15-7-8-15)12-14-5-3-4-6-18(14)22/h3-6,9-11,15,25,28H,7-8,12-13H2,1-2H3. The molecule has 1 aliphatic rings. The fraction of sp³-hybridized carbons (Fsp3) is 0.333. The van der Waals surface area contributed by atoms with Crippen LogP contribution in [0.4, 0.5) is 15.8 Å². The highest BCUT2D eigenvalue weighted by Gasteiger charge is 2.33. The Labute approximate surface area is 173 Å². The van der Waals surface area contributed by atoms with Gasteiger partial charge in [0.2, 0.25) is 0 Å². The lowest BCUT2D eigenvalue weighted by atomic mass is 10.1. The summed E-state index contributed by atoms with van der Waals surface area (Å²) < 4.78 is 19.2. The van der Waals surface area contributed by atoms with Crippen molar-refractivity contribution >= 4 is 23.3 Å². The Morgan fingerprint density at radius 2 is 1.93 bits per heavy atom. The average molecular weight is 417 g/mol. The first-order chi connectivity index (χ1) is 14.3. The number of nitrogens with zero attached hydrogens (tertiary/aromatic N) is 2. The van der Waals surface area contributed by atoms with Crippen molar-refractivity contribution < 1.29 is 29.2 Å². The Morgan fingerprint density at radius 1 is 1.23 bits per heavy atom. The molecule has 1 aliphatic carbocycles. The molecule has 30 heavy (non-hydrogen) atoms. The van der Waals surface area contributed by atoms with Crippen molar-refractivity contribution in [3.8, 4) is 0 Å². The van der Waals surface area contributed by atoms with E-state index in [4.69, 9.17) is 4.74 Å². The zero-order chi connectivity index (χ0) is 21.8. The molecular weight excluding hydrogens is 393 g/mol. The lowest BCUT2D eigenvalue weighted by Gasteiger charge is -2.23. The normalized spacial score (nSPS) is 14.2. The third-order valence-electron chi connectivity index (χ3n) is 4.88. The highest BCUT2D eigenvalue weighted by atomic mass is 19.1. The number of carbonyl (C=O) groups is 2. The molecule has 1 saturated carbocycles. The minimum Gasteiger partial charge on any atom is -0.595 e. The quantitative estimate of drug-likeness (QED) is 0.501. The number of nitrogens with one attached hydrogen (secondary N) is 1. The number of benzene rings is 2. The smallest absolute Gasteiger partial charge is 0.340 e. The summed E-state index contributed by atoms with van der Waals surface area (Å²) in [6.07, 6.45) is 1.64. The minimum absolute atomic E-state index is 0.00322. The summed E-state index contributed by atoms with van der Waals surface area (Å²) in [4.78, 5) is 28.5. The fourth-order valence-corrected chi connectivity index (χ4v) is 3.13. The molecule has 1 amide bonds. The van der Waals surface area contributed by atoms with Crippen molar-refractivity contribution in [1.29, 1.82) is 0 Å². The van der Waals surface area contributed by atoms with Crippen LogP contribution < -0.4 is 10.1 Å². The number of rotatable bonds is 8. The molecule has 2 aromatic carbocycles. The molecule has 9 heteroatoms. The van der Waals surface area contributed by atoms with Gasteiger partial charge in [-0.15, -0.1) is 0 Å². The molecule has 1 atom stereocenters. The average Bonchev–Trinajstić information content (AvgIpc) is 3.55. The molecule has 0 heterocycles. The summed E-state index contributed by atoms with van der Waals surface area (Å²) in [7, 11) is 3.42. The molecule has 2 aromatic rings. The first-order valence-electron chi connectivity index (χ1n) is 9.52. The Bertz CT molecular complexity index is 931. The van der Waals surface area contributed by atoms with Crippen molar-refractivity contribution in [3.63, 3.8) is 0 Å². The lowest BCUT2D eigenvalue weighted by molar-refractivity contribution is -0.991. The van der Waals surface area contributed by atoms with Crippen LogP contribution in [-0.2, 0) is 16.1 Å². The number of carbonyl (C=O) groups excluding carboxylic acids is 2. The Kier molecular flexibility index (Phi) is 6.66. The van der Waals surface area contributed by atoms with Gasteiger partial charge in [0.25, 0.3) is 5.91 Å². The molecule has 0 radical (unpaired) electrons. The molecule has 1 fully saturated rings. The van der Waals surface area contributed by atoms with E-state index in [-0.39, 0.29) is 23.8 Å². The summed E-state index contributed by atoms with van der Waals surface area (Å²) >= 11 is 0. The van der Waals surface area contributed by atoms with E-state index >= 15 is 0 Å². The molecule has 1 unspecified atom stereocenters. The third kappa shape index (κ3) is 5.12. The maximum Gasteiger partial charge on any atom is 0.340 e. The number of halogens is 1. The molecule has 3 rings (SSSR count). The van der Waals surface area contributed by atoms with Crippen LogP contribution in [0, 0.1) is 11.0 Å². The topological polar surface area (TPSA) is 97.6 Å². The van der Waals surface area contributed by atoms with Crippen LogP contribution in [0.5, 0.6) is 0 Å². The number of hydrogen-bond acceptors (Lipinski definition) is 6. The summed E-state index contributed by atoms with van der Waals surface area (Å²) in [6.45, 7) is -0.404. The molecule has 0 aromatic heterocycles. The fourth-order valence-electron chi connectivity index (χ4n) is 3.13. The van der Waals surface area contributed by atoms with Gasteiger partial charge in [-0.3, -0.25) is 4.79 Å². The van der Waals surface area contributed by atoms with Gasteiger partial charge >= 0.3 is 5.97 Å². The lowest BCUT2D eigenvalue weighted by Crippen LogP contribution is -2.99. The van der Waals surface area contributed by atoms with Crippen LogP contribution in [0.3, 0.4) is 0 Å². The summed E-state index contributed by atoms with van der Waals surface area (Å²) in [5.74, 6) is -1.61. The van der Waals surface area contributed by atoms with Crippen LogP contribution >= 0.6 is 0 Å². The van der Waals surface area contributed by atoms with Gasteiger partial charge in [0, 0.05) is 44.4 Å². The van der Waals surface area contributed by atoms with Gasteiger partial charge in [-0.2, -0.15) is 5.23 Å². The van der Waals surface area contributed by atoms with Crippen LogP contribution in [-0.4, -0.2) is 48.7 Å². The van der Waals surface area contributed by atoms with Gasteiger partial charge in [0.1, 0.15) is 5.82 Å². The van der Waals surface area contributed by atoms with E-state index in [2.05, 4.69) is 0 Å². The van der Waals surface area contributed by atoms with Crippen molar-refractivity contribution in [2.45, 2.75) is 25.4 Å². The van der Waals surface area contributed by atoms with Crippen LogP contribution in [0.15, 0.2) is 42.5 Å². The molecular formula is C21H24FN3O5. The van der Waals surface area contributed by atoms with E-state index < -0.39 is 29.5 Å². The maximum absolute atomic E-state index is 14.0. The van der Waals surface area contributed by atoms with Crippen LogP contribution in [0.2, 0.25) is 0 Å². The third-order valence-corrected chi connectivity index (χ3v) is 4.88. The summed E-state index contributed by atoms with van der Waals surface area (Å²) in [5, 5.41) is 19.3. The van der Waals surface area contributed by atoms with Crippen molar-refractivity contribution in [1.82, 2.24) is 4.90 Å². The molecule has 0 saturated heterocycles. The largest absolute Gasteiger partial charge is 0.595 e. The number of amides is 1. The zero-order valence-electron chi connectivity index (χ0n) is 16.8. The zero-order valence-corrected chi connectivity index (χ0v) is 16.8. The Morgan fingerprint density at radius 3 is 2.53 bits per heavy atom. The van der Waals surface area contributed by atoms with Crippen molar-refractivity contribution in [2.75, 3.05) is 25.6 Å². The van der Waals surface area contributed by atoms with Gasteiger partial charge in [-0.25, -0.2) is 14.4 Å². The highest BCUT2D eigenvalue weighted by Crippen LogP contribution is 2.29. The predicted octanol–water partition coefficient (Wildman–Crippen LogP) is 1.64. The molecule has 160 valence electrons. The number of quaternary nitrogens is 1.